The molecule has 3 aromatic rings. The van der Waals surface area contributed by atoms with Gasteiger partial charge in [-0.05, 0) is 25.1 Å². The number of rotatable bonds is 6. The summed E-state index contributed by atoms with van der Waals surface area (Å²) < 4.78 is 27.8. The minimum absolute atomic E-state index is 0.0313. The van der Waals surface area contributed by atoms with E-state index in [2.05, 4.69) is 0 Å². The van der Waals surface area contributed by atoms with Crippen LogP contribution in [-0.2, 0) is 14.2 Å². The predicted octanol–water partition coefficient (Wildman–Crippen LogP) is -1.69. The molecule has 43 heavy (non-hydrogen) atoms. The summed E-state index contributed by atoms with van der Waals surface area (Å²) in [5, 5.41) is 101. The van der Waals surface area contributed by atoms with Crippen LogP contribution in [-0.4, -0.2) is 119 Å². The van der Waals surface area contributed by atoms with Crippen LogP contribution in [0.4, 0.5) is 0 Å². The Bertz CT molecular complexity index is 1540. The van der Waals surface area contributed by atoms with E-state index in [-0.39, 0.29) is 11.1 Å². The maximum atomic E-state index is 13.6. The number of fused-ring (bicyclic) bond motifs is 1. The molecular weight excluding hydrogens is 580 g/mol. The smallest absolute Gasteiger partial charge is 0.239 e. The van der Waals surface area contributed by atoms with E-state index in [1.54, 1.807) is 0 Å². The number of hydrogen-bond donors (Lipinski definition) is 10. The molecule has 4 unspecified atom stereocenters. The molecule has 2 aliphatic rings. The molecule has 16 nitrogen and oxygen atoms in total. The third-order valence-corrected chi connectivity index (χ3v) is 7.29. The van der Waals surface area contributed by atoms with Crippen LogP contribution in [0.15, 0.2) is 39.5 Å². The molecule has 5 rings (SSSR count). The van der Waals surface area contributed by atoms with Gasteiger partial charge in [0.1, 0.15) is 65.2 Å². The molecule has 234 valence electrons. The number of aliphatic hydroxyl groups is 6. The first-order valence-corrected chi connectivity index (χ1v) is 13.0. The highest BCUT2D eigenvalue weighted by atomic mass is 16.7. The van der Waals surface area contributed by atoms with Crippen molar-refractivity contribution in [2.24, 2.45) is 0 Å². The zero-order chi connectivity index (χ0) is 31.3. The maximum Gasteiger partial charge on any atom is 0.239 e. The Labute approximate surface area is 241 Å². The summed E-state index contributed by atoms with van der Waals surface area (Å²) in [7, 11) is 0. The highest BCUT2D eigenvalue weighted by molar-refractivity contribution is 5.88. The summed E-state index contributed by atoms with van der Waals surface area (Å²) >= 11 is 0. The fraction of sp³-hybridized carbons (Fsp3) is 0.444. The SMILES string of the molecule is CC1O[C@@H](OCC2O[C@@H](Oc3c(-c4ccc(O)c(O)c4)oc4cc(O)cc(O)c4c3=O)[C@@H](O)C(O)[C@@H]2O)[C@@H](O)C(O)[C@H]1O. The molecule has 2 aliphatic heterocycles. The first-order valence-electron chi connectivity index (χ1n) is 13.0. The average molecular weight is 611 g/mol. The van der Waals surface area contributed by atoms with Gasteiger partial charge in [-0.1, -0.05) is 0 Å². The van der Waals surface area contributed by atoms with E-state index in [9.17, 15) is 55.9 Å². The number of benzene rings is 2. The van der Waals surface area contributed by atoms with Gasteiger partial charge in [0.25, 0.3) is 0 Å². The minimum Gasteiger partial charge on any atom is -0.508 e. The van der Waals surface area contributed by atoms with Gasteiger partial charge in [-0.2, -0.15) is 0 Å². The van der Waals surface area contributed by atoms with Crippen LogP contribution >= 0.6 is 0 Å². The molecule has 0 spiro atoms. The van der Waals surface area contributed by atoms with E-state index in [4.69, 9.17) is 23.4 Å². The van der Waals surface area contributed by atoms with Gasteiger partial charge < -0.3 is 74.4 Å². The molecule has 10 atom stereocenters. The highest BCUT2D eigenvalue weighted by Gasteiger charge is 2.47. The lowest BCUT2D eigenvalue weighted by atomic mass is 9.98. The maximum absolute atomic E-state index is 13.6. The van der Waals surface area contributed by atoms with Gasteiger partial charge in [0.15, 0.2) is 23.5 Å². The van der Waals surface area contributed by atoms with Crippen molar-refractivity contribution in [2.75, 3.05) is 6.61 Å². The van der Waals surface area contributed by atoms with E-state index in [0.717, 1.165) is 24.3 Å². The summed E-state index contributed by atoms with van der Waals surface area (Å²) in [5.41, 5.74) is -1.35. The normalized spacial score (nSPS) is 33.0. The van der Waals surface area contributed by atoms with Crippen molar-refractivity contribution in [3.05, 3.63) is 40.6 Å². The lowest BCUT2D eigenvalue weighted by Crippen LogP contribution is -2.61. The molecule has 0 saturated carbocycles. The van der Waals surface area contributed by atoms with E-state index < -0.39 is 113 Å². The van der Waals surface area contributed by atoms with Crippen LogP contribution in [0, 0.1) is 0 Å². The number of phenols is 4. The lowest BCUT2D eigenvalue weighted by Gasteiger charge is -2.42. The van der Waals surface area contributed by atoms with E-state index in [1.807, 2.05) is 0 Å². The average Bonchev–Trinajstić information content (AvgIpc) is 2.96. The van der Waals surface area contributed by atoms with Crippen molar-refractivity contribution < 1.29 is 74.4 Å². The number of ether oxygens (including phenoxy) is 4. The number of aromatic hydroxyl groups is 4. The third kappa shape index (κ3) is 5.67. The second-order valence-electron chi connectivity index (χ2n) is 10.3. The quantitative estimate of drug-likeness (QED) is 0.140. The van der Waals surface area contributed by atoms with Crippen molar-refractivity contribution in [1.29, 1.82) is 0 Å². The Balaban J connectivity index is 1.48. The van der Waals surface area contributed by atoms with Crippen LogP contribution in [0.5, 0.6) is 28.7 Å². The van der Waals surface area contributed by atoms with Gasteiger partial charge in [-0.25, -0.2) is 0 Å². The second-order valence-corrected chi connectivity index (χ2v) is 10.3. The molecule has 0 bridgehead atoms. The van der Waals surface area contributed by atoms with Crippen molar-refractivity contribution >= 4 is 11.0 Å². The van der Waals surface area contributed by atoms with Gasteiger partial charge in [0, 0.05) is 17.7 Å². The lowest BCUT2D eigenvalue weighted by molar-refractivity contribution is -0.318. The van der Waals surface area contributed by atoms with Crippen LogP contribution in [0.25, 0.3) is 22.3 Å². The summed E-state index contributed by atoms with van der Waals surface area (Å²) in [6, 6.07) is 5.24. The summed E-state index contributed by atoms with van der Waals surface area (Å²) in [6.45, 7) is 0.818. The topological polar surface area (TPSA) is 269 Å². The fourth-order valence-corrected chi connectivity index (χ4v) is 4.84. The van der Waals surface area contributed by atoms with E-state index in [0.29, 0.717) is 0 Å². The molecule has 0 aliphatic carbocycles. The van der Waals surface area contributed by atoms with Crippen molar-refractivity contribution in [3.8, 4) is 40.1 Å². The van der Waals surface area contributed by atoms with Crippen molar-refractivity contribution in [2.45, 2.75) is 68.3 Å². The second kappa shape index (κ2) is 11.8. The molecule has 16 heteroatoms. The highest BCUT2D eigenvalue weighted by Crippen LogP contribution is 2.39. The van der Waals surface area contributed by atoms with Crippen LogP contribution < -0.4 is 10.2 Å². The standard InChI is InChI=1S/C27H30O16/c1-8-17(32)20(35)22(37)26(40-8)39-7-15-18(33)21(36)23(38)27(42-15)43-25-19(34)16-13(31)5-10(28)6-14(16)41-24(25)9-2-3-11(29)12(30)4-9/h2-6,8,15,17-18,20-23,26-33,35-38H,7H2,1H3/t8?,15?,17-,18+,20?,21?,22-,23-,26+,27-/m0/s1. The van der Waals surface area contributed by atoms with Gasteiger partial charge in [-0.15, -0.1) is 0 Å². The molecule has 10 N–H and O–H groups in total. The monoisotopic (exact) mass is 610 g/mol. The first kappa shape index (κ1) is 30.7. The third-order valence-electron chi connectivity index (χ3n) is 7.29. The molecule has 2 saturated heterocycles. The van der Waals surface area contributed by atoms with E-state index in [1.165, 1.54) is 13.0 Å². The Morgan fingerprint density at radius 3 is 2.12 bits per heavy atom. The van der Waals surface area contributed by atoms with Gasteiger partial charge in [-0.3, -0.25) is 4.79 Å². The first-order chi connectivity index (χ1) is 20.3. The molecular formula is C27H30O16. The number of hydrogen-bond acceptors (Lipinski definition) is 16. The minimum atomic E-state index is -1.97. The zero-order valence-electron chi connectivity index (χ0n) is 22.3. The number of aliphatic hydroxyl groups excluding tert-OH is 6. The predicted molar refractivity (Wildman–Crippen MR) is 140 cm³/mol. The van der Waals surface area contributed by atoms with E-state index >= 15 is 0 Å². The van der Waals surface area contributed by atoms with Crippen molar-refractivity contribution in [3.63, 3.8) is 0 Å². The largest absolute Gasteiger partial charge is 0.508 e. The Hall–Kier alpha value is -3.71. The molecule has 0 amide bonds. The summed E-state index contributed by atoms with van der Waals surface area (Å²) in [6.07, 6.45) is -16.2. The zero-order valence-corrected chi connectivity index (χ0v) is 22.3. The molecule has 0 radical (unpaired) electrons. The molecule has 3 heterocycles. The molecule has 1 aromatic heterocycles. The van der Waals surface area contributed by atoms with Crippen LogP contribution in [0.1, 0.15) is 6.92 Å². The molecule has 2 aromatic carbocycles. The Morgan fingerprint density at radius 2 is 1.42 bits per heavy atom. The van der Waals surface area contributed by atoms with Crippen LogP contribution in [0.3, 0.4) is 0 Å². The Kier molecular flexibility index (Phi) is 8.41. The number of phenolic OH excluding ortho intramolecular Hbond substituents is 4. The van der Waals surface area contributed by atoms with Gasteiger partial charge in [0.2, 0.25) is 17.5 Å². The van der Waals surface area contributed by atoms with Crippen molar-refractivity contribution in [1.82, 2.24) is 0 Å². The Morgan fingerprint density at radius 1 is 0.744 bits per heavy atom. The fourth-order valence-electron chi connectivity index (χ4n) is 4.84. The van der Waals surface area contributed by atoms with Gasteiger partial charge >= 0.3 is 0 Å². The van der Waals surface area contributed by atoms with Gasteiger partial charge in [0.05, 0.1) is 12.7 Å². The summed E-state index contributed by atoms with van der Waals surface area (Å²) in [5.74, 6) is -3.33. The molecule has 2 fully saturated rings. The van der Waals surface area contributed by atoms with Crippen LogP contribution in [0.2, 0.25) is 0 Å². The summed E-state index contributed by atoms with van der Waals surface area (Å²) in [4.78, 5) is 13.6.